The monoisotopic (exact) mass is 194 g/mol. The lowest BCUT2D eigenvalue weighted by molar-refractivity contribution is -0.143. The van der Waals surface area contributed by atoms with Crippen LogP contribution >= 0.6 is 0 Å². The first-order valence-corrected chi connectivity index (χ1v) is 4.65. The van der Waals surface area contributed by atoms with Crippen LogP contribution in [0.5, 0.6) is 0 Å². The molecule has 0 amide bonds. The van der Waals surface area contributed by atoms with Crippen molar-refractivity contribution in [2.24, 2.45) is 0 Å². The van der Waals surface area contributed by atoms with E-state index in [1.807, 2.05) is 24.3 Å². The van der Waals surface area contributed by atoms with Crippen LogP contribution < -0.4 is 0 Å². The first-order valence-electron chi connectivity index (χ1n) is 4.65. The van der Waals surface area contributed by atoms with E-state index < -0.39 is 18.1 Å². The number of hydrogen-bond acceptors (Lipinski definition) is 1. The summed E-state index contributed by atoms with van der Waals surface area (Å²) in [6, 6.07) is 7.48. The lowest BCUT2D eigenvalue weighted by Crippen LogP contribution is -2.21. The summed E-state index contributed by atoms with van der Waals surface area (Å²) in [5.41, 5.74) is 1.95. The Morgan fingerprint density at radius 2 is 2.21 bits per heavy atom. The van der Waals surface area contributed by atoms with E-state index >= 15 is 0 Å². The van der Waals surface area contributed by atoms with Crippen molar-refractivity contribution in [1.29, 1.82) is 0 Å². The summed E-state index contributed by atoms with van der Waals surface area (Å²) in [7, 11) is 0. The Hall–Kier alpha value is -1.38. The number of halogens is 1. The topological polar surface area (TPSA) is 37.3 Å². The summed E-state index contributed by atoms with van der Waals surface area (Å²) in [4.78, 5) is 10.5. The summed E-state index contributed by atoms with van der Waals surface area (Å²) in [6.07, 6.45) is -0.375. The summed E-state index contributed by atoms with van der Waals surface area (Å²) in [5, 5.41) is 8.59. The van der Waals surface area contributed by atoms with Gasteiger partial charge in [0.05, 0.1) is 0 Å². The van der Waals surface area contributed by atoms with Gasteiger partial charge < -0.3 is 5.11 Å². The van der Waals surface area contributed by atoms with Crippen molar-refractivity contribution < 1.29 is 14.3 Å². The van der Waals surface area contributed by atoms with Gasteiger partial charge in [-0.25, -0.2) is 9.18 Å². The molecular weight excluding hydrogens is 183 g/mol. The average Bonchev–Trinajstić information content (AvgIpc) is 2.60. The number of hydrogen-bond donors (Lipinski definition) is 1. The summed E-state index contributed by atoms with van der Waals surface area (Å²) >= 11 is 0. The van der Waals surface area contributed by atoms with Gasteiger partial charge in [-0.15, -0.1) is 0 Å². The molecule has 0 aliphatic heterocycles. The predicted octanol–water partition coefficient (Wildman–Crippen LogP) is 2.14. The number of carboxylic acid groups (broad SMARTS) is 1. The first-order chi connectivity index (χ1) is 6.70. The van der Waals surface area contributed by atoms with Crippen LogP contribution in [0, 0.1) is 0 Å². The predicted molar refractivity (Wildman–Crippen MR) is 50.0 cm³/mol. The Kier molecular flexibility index (Phi) is 2.23. The molecule has 1 aromatic rings. The molecule has 2 rings (SSSR count). The number of aryl methyl sites for hydroxylation is 1. The molecule has 2 unspecified atom stereocenters. The molecule has 1 aliphatic rings. The molecule has 0 fully saturated rings. The minimum absolute atomic E-state index is 0.455. The van der Waals surface area contributed by atoms with Crippen molar-refractivity contribution in [3.8, 4) is 0 Å². The van der Waals surface area contributed by atoms with Crippen LogP contribution in [-0.2, 0) is 11.2 Å². The van der Waals surface area contributed by atoms with Gasteiger partial charge in [-0.2, -0.15) is 0 Å². The highest BCUT2D eigenvalue weighted by atomic mass is 19.1. The van der Waals surface area contributed by atoms with E-state index in [0.29, 0.717) is 6.42 Å². The molecule has 0 saturated carbocycles. The Morgan fingerprint density at radius 1 is 1.50 bits per heavy atom. The van der Waals surface area contributed by atoms with Gasteiger partial charge in [0.25, 0.3) is 0 Å². The van der Waals surface area contributed by atoms with Crippen molar-refractivity contribution in [3.63, 3.8) is 0 Å². The number of rotatable bonds is 2. The van der Waals surface area contributed by atoms with Gasteiger partial charge in [-0.3, -0.25) is 0 Å². The van der Waals surface area contributed by atoms with E-state index in [1.54, 1.807) is 0 Å². The van der Waals surface area contributed by atoms with E-state index in [-0.39, 0.29) is 0 Å². The zero-order chi connectivity index (χ0) is 10.1. The molecule has 0 saturated heterocycles. The molecule has 0 radical (unpaired) electrons. The highest BCUT2D eigenvalue weighted by Crippen LogP contribution is 2.36. The van der Waals surface area contributed by atoms with Crippen LogP contribution in [0.3, 0.4) is 0 Å². The van der Waals surface area contributed by atoms with Crippen molar-refractivity contribution in [2.45, 2.75) is 24.9 Å². The molecule has 0 aromatic heterocycles. The van der Waals surface area contributed by atoms with E-state index in [2.05, 4.69) is 0 Å². The van der Waals surface area contributed by atoms with E-state index in [9.17, 15) is 9.18 Å². The highest BCUT2D eigenvalue weighted by molar-refractivity contribution is 5.74. The zero-order valence-electron chi connectivity index (χ0n) is 7.61. The maximum atomic E-state index is 13.3. The zero-order valence-corrected chi connectivity index (χ0v) is 7.61. The molecule has 14 heavy (non-hydrogen) atoms. The number of alkyl halides is 1. The Morgan fingerprint density at radius 3 is 2.93 bits per heavy atom. The van der Waals surface area contributed by atoms with Gasteiger partial charge in [0.15, 0.2) is 0 Å². The van der Waals surface area contributed by atoms with Gasteiger partial charge >= 0.3 is 5.97 Å². The molecular formula is C11H11FO2. The molecule has 2 nitrogen and oxygen atoms in total. The summed E-state index contributed by atoms with van der Waals surface area (Å²) in [6.45, 7) is 0. The largest absolute Gasteiger partial charge is 0.479 e. The summed E-state index contributed by atoms with van der Waals surface area (Å²) < 4.78 is 13.3. The fourth-order valence-corrected chi connectivity index (χ4v) is 2.07. The number of carboxylic acids is 1. The normalized spacial score (nSPS) is 21.6. The molecule has 3 heteroatoms. The van der Waals surface area contributed by atoms with Crippen LogP contribution in [0.4, 0.5) is 4.39 Å². The van der Waals surface area contributed by atoms with Crippen LogP contribution in [-0.4, -0.2) is 17.2 Å². The Bertz CT molecular complexity index is 362. The van der Waals surface area contributed by atoms with Crippen LogP contribution in [0.1, 0.15) is 23.5 Å². The lowest BCUT2D eigenvalue weighted by Gasteiger charge is -2.12. The minimum atomic E-state index is -1.77. The summed E-state index contributed by atoms with van der Waals surface area (Å²) in [5.74, 6) is -1.81. The maximum Gasteiger partial charge on any atom is 0.338 e. The molecule has 1 N–H and O–H groups in total. The van der Waals surface area contributed by atoms with Gasteiger partial charge in [-0.1, -0.05) is 24.3 Å². The van der Waals surface area contributed by atoms with Crippen molar-refractivity contribution in [2.75, 3.05) is 0 Å². The van der Waals surface area contributed by atoms with E-state index in [0.717, 1.165) is 17.5 Å². The maximum absolute atomic E-state index is 13.3. The fourth-order valence-electron chi connectivity index (χ4n) is 2.07. The van der Waals surface area contributed by atoms with Crippen LogP contribution in [0.2, 0.25) is 0 Å². The molecule has 0 heterocycles. The van der Waals surface area contributed by atoms with Gasteiger partial charge in [0.1, 0.15) is 0 Å². The van der Waals surface area contributed by atoms with Crippen molar-refractivity contribution in [1.82, 2.24) is 0 Å². The third-order valence-corrected chi connectivity index (χ3v) is 2.77. The van der Waals surface area contributed by atoms with Gasteiger partial charge in [0, 0.05) is 5.92 Å². The Balaban J connectivity index is 2.30. The highest BCUT2D eigenvalue weighted by Gasteiger charge is 2.33. The smallest absolute Gasteiger partial charge is 0.338 e. The second-order valence-electron chi connectivity index (χ2n) is 3.58. The van der Waals surface area contributed by atoms with Crippen molar-refractivity contribution >= 4 is 5.97 Å². The third kappa shape index (κ3) is 1.39. The second kappa shape index (κ2) is 3.40. The van der Waals surface area contributed by atoms with Gasteiger partial charge in [0.2, 0.25) is 6.17 Å². The fraction of sp³-hybridized carbons (Fsp3) is 0.364. The molecule has 1 aliphatic carbocycles. The van der Waals surface area contributed by atoms with Gasteiger partial charge in [-0.05, 0) is 24.0 Å². The first kappa shape index (κ1) is 9.19. The van der Waals surface area contributed by atoms with Crippen LogP contribution in [0.25, 0.3) is 0 Å². The number of fused-ring (bicyclic) bond motifs is 1. The molecule has 0 spiro atoms. The molecule has 1 aromatic carbocycles. The SMILES string of the molecule is O=C(O)C(F)C1CCc2ccccc21. The second-order valence-corrected chi connectivity index (χ2v) is 3.58. The lowest BCUT2D eigenvalue weighted by atomic mass is 9.96. The number of carbonyl (C=O) groups is 1. The molecule has 0 bridgehead atoms. The number of aliphatic carboxylic acids is 1. The van der Waals surface area contributed by atoms with E-state index in [4.69, 9.17) is 5.11 Å². The minimum Gasteiger partial charge on any atom is -0.479 e. The van der Waals surface area contributed by atoms with E-state index in [1.165, 1.54) is 0 Å². The Labute approximate surface area is 81.4 Å². The van der Waals surface area contributed by atoms with Crippen molar-refractivity contribution in [3.05, 3.63) is 35.4 Å². The quantitative estimate of drug-likeness (QED) is 0.783. The molecule has 74 valence electrons. The third-order valence-electron chi connectivity index (χ3n) is 2.77. The average molecular weight is 194 g/mol. The number of benzene rings is 1. The standard InChI is InChI=1S/C11H11FO2/c12-10(11(13)14)9-6-5-7-3-1-2-4-8(7)9/h1-4,9-10H,5-6H2,(H,13,14). The molecule has 2 atom stereocenters. The van der Waals surface area contributed by atoms with Crippen LogP contribution in [0.15, 0.2) is 24.3 Å².